The Morgan fingerprint density at radius 1 is 1.50 bits per heavy atom. The summed E-state index contributed by atoms with van der Waals surface area (Å²) in [6.07, 6.45) is 3.66. The van der Waals surface area contributed by atoms with Gasteiger partial charge < -0.3 is 9.69 Å². The van der Waals surface area contributed by atoms with Crippen molar-refractivity contribution in [2.75, 3.05) is 18.1 Å². The van der Waals surface area contributed by atoms with Gasteiger partial charge in [0.25, 0.3) is 0 Å². The van der Waals surface area contributed by atoms with Crippen molar-refractivity contribution < 1.29 is 9.59 Å². The molecule has 2 aliphatic heterocycles. The zero-order valence-electron chi connectivity index (χ0n) is 8.15. The number of hydrogen-bond donors (Lipinski definition) is 0. The minimum Gasteiger partial charge on any atom is -0.339 e. The lowest BCUT2D eigenvalue weighted by atomic mass is 9.99. The van der Waals surface area contributed by atoms with Crippen LogP contribution in [0.15, 0.2) is 0 Å². The zero-order chi connectivity index (χ0) is 9.97. The molecule has 2 saturated heterocycles. The second-order valence-electron chi connectivity index (χ2n) is 3.92. The van der Waals surface area contributed by atoms with Gasteiger partial charge in [0.2, 0.25) is 5.91 Å². The molecule has 2 rings (SSSR count). The number of carbonyl (C=O) groups is 2. The lowest BCUT2D eigenvalue weighted by Gasteiger charge is -2.34. The van der Waals surface area contributed by atoms with Gasteiger partial charge in [-0.25, -0.2) is 0 Å². The molecule has 2 unspecified atom stereocenters. The molecule has 78 valence electrons. The Bertz CT molecular complexity index is 244. The van der Waals surface area contributed by atoms with Crippen molar-refractivity contribution in [1.82, 2.24) is 4.90 Å². The van der Waals surface area contributed by atoms with Gasteiger partial charge in [0, 0.05) is 30.7 Å². The van der Waals surface area contributed by atoms with Gasteiger partial charge in [-0.1, -0.05) is 0 Å². The Morgan fingerprint density at radius 2 is 2.36 bits per heavy atom. The number of carbonyl (C=O) groups excluding carboxylic acids is 2. The molecule has 0 aromatic heterocycles. The molecule has 1 amide bonds. The molecule has 0 bridgehead atoms. The van der Waals surface area contributed by atoms with Crippen molar-refractivity contribution in [1.29, 1.82) is 0 Å². The molecule has 0 aliphatic carbocycles. The monoisotopic (exact) mass is 213 g/mol. The zero-order valence-corrected chi connectivity index (χ0v) is 8.96. The fourth-order valence-corrected chi connectivity index (χ4v) is 3.43. The van der Waals surface area contributed by atoms with Crippen LogP contribution in [0.3, 0.4) is 0 Å². The van der Waals surface area contributed by atoms with Crippen LogP contribution in [0, 0.1) is 5.92 Å². The van der Waals surface area contributed by atoms with E-state index in [0.29, 0.717) is 6.42 Å². The molecule has 0 spiro atoms. The van der Waals surface area contributed by atoms with Crippen molar-refractivity contribution >= 4 is 24.0 Å². The summed E-state index contributed by atoms with van der Waals surface area (Å²) in [7, 11) is 0. The smallest absolute Gasteiger partial charge is 0.222 e. The average molecular weight is 213 g/mol. The molecule has 0 radical (unpaired) electrons. The minimum absolute atomic E-state index is 0.0656. The molecule has 14 heavy (non-hydrogen) atoms. The summed E-state index contributed by atoms with van der Waals surface area (Å²) >= 11 is 1.82. The van der Waals surface area contributed by atoms with Crippen LogP contribution < -0.4 is 0 Å². The molecular formula is C10H15NO2S. The first-order valence-corrected chi connectivity index (χ1v) is 6.31. The lowest BCUT2D eigenvalue weighted by Crippen LogP contribution is -2.45. The van der Waals surface area contributed by atoms with Gasteiger partial charge >= 0.3 is 0 Å². The van der Waals surface area contributed by atoms with Gasteiger partial charge in [-0.3, -0.25) is 4.79 Å². The van der Waals surface area contributed by atoms with Gasteiger partial charge in [-0.2, -0.15) is 11.8 Å². The van der Waals surface area contributed by atoms with Gasteiger partial charge in [-0.05, 0) is 18.6 Å². The highest BCUT2D eigenvalue weighted by Crippen LogP contribution is 2.28. The molecule has 3 nitrogen and oxygen atoms in total. The Hall–Kier alpha value is -0.510. The third-order valence-corrected chi connectivity index (χ3v) is 4.19. The summed E-state index contributed by atoms with van der Waals surface area (Å²) in [4.78, 5) is 24.3. The van der Waals surface area contributed by atoms with Crippen molar-refractivity contribution in [3.05, 3.63) is 0 Å². The highest BCUT2D eigenvalue weighted by atomic mass is 32.2. The Kier molecular flexibility index (Phi) is 3.11. The van der Waals surface area contributed by atoms with E-state index in [4.69, 9.17) is 0 Å². The Morgan fingerprint density at radius 3 is 3.00 bits per heavy atom. The Balaban J connectivity index is 2.06. The maximum Gasteiger partial charge on any atom is 0.222 e. The third-order valence-electron chi connectivity index (χ3n) is 3.05. The molecule has 0 aromatic carbocycles. The van der Waals surface area contributed by atoms with Crippen LogP contribution in [0.5, 0.6) is 0 Å². The summed E-state index contributed by atoms with van der Waals surface area (Å²) in [6, 6.07) is 0.198. The van der Waals surface area contributed by atoms with Crippen LogP contribution in [0.2, 0.25) is 0 Å². The second-order valence-corrected chi connectivity index (χ2v) is 5.07. The molecule has 0 aromatic rings. The standard InChI is InChI=1S/C10H15NO2S/c12-6-8-7-14-5-3-9(8)11-4-1-2-10(11)13/h6,8-9H,1-5,7H2. The van der Waals surface area contributed by atoms with Crippen LogP contribution in [-0.4, -0.2) is 41.2 Å². The number of thioether (sulfide) groups is 1. The van der Waals surface area contributed by atoms with Crippen LogP contribution >= 0.6 is 11.8 Å². The molecule has 0 saturated carbocycles. The molecule has 2 heterocycles. The summed E-state index contributed by atoms with van der Waals surface area (Å²) < 4.78 is 0. The van der Waals surface area contributed by atoms with E-state index in [0.717, 1.165) is 37.2 Å². The maximum absolute atomic E-state index is 11.5. The van der Waals surface area contributed by atoms with E-state index in [2.05, 4.69) is 0 Å². The van der Waals surface area contributed by atoms with Crippen molar-refractivity contribution in [2.24, 2.45) is 5.92 Å². The molecule has 2 atom stereocenters. The number of rotatable bonds is 2. The van der Waals surface area contributed by atoms with E-state index in [1.165, 1.54) is 0 Å². The second kappa shape index (κ2) is 4.34. The van der Waals surface area contributed by atoms with E-state index in [9.17, 15) is 9.59 Å². The minimum atomic E-state index is 0.0656. The lowest BCUT2D eigenvalue weighted by molar-refractivity contribution is -0.131. The predicted octanol–water partition coefficient (Wildman–Crippen LogP) is 0.929. The highest BCUT2D eigenvalue weighted by Gasteiger charge is 2.34. The number of likely N-dealkylation sites (tertiary alicyclic amines) is 1. The first kappa shape index (κ1) is 10.0. The highest BCUT2D eigenvalue weighted by molar-refractivity contribution is 7.99. The van der Waals surface area contributed by atoms with Gasteiger partial charge in [0.1, 0.15) is 6.29 Å². The van der Waals surface area contributed by atoms with Gasteiger partial charge in [-0.15, -0.1) is 0 Å². The van der Waals surface area contributed by atoms with Gasteiger partial charge in [0.05, 0.1) is 0 Å². The quantitative estimate of drug-likeness (QED) is 0.640. The van der Waals surface area contributed by atoms with E-state index >= 15 is 0 Å². The number of amides is 1. The Labute approximate surface area is 88.2 Å². The fraction of sp³-hybridized carbons (Fsp3) is 0.800. The predicted molar refractivity (Wildman–Crippen MR) is 56.2 cm³/mol. The van der Waals surface area contributed by atoms with Crippen molar-refractivity contribution in [3.8, 4) is 0 Å². The average Bonchev–Trinajstić information content (AvgIpc) is 2.64. The number of aldehydes is 1. The SMILES string of the molecule is O=CC1CSCCC1N1CCCC1=O. The summed E-state index contributed by atoms with van der Waals surface area (Å²) in [5.74, 6) is 2.28. The van der Waals surface area contributed by atoms with Gasteiger partial charge in [0.15, 0.2) is 0 Å². The van der Waals surface area contributed by atoms with Crippen molar-refractivity contribution in [3.63, 3.8) is 0 Å². The van der Waals surface area contributed by atoms with E-state index in [1.807, 2.05) is 16.7 Å². The molecular weight excluding hydrogens is 198 g/mol. The molecule has 2 fully saturated rings. The summed E-state index contributed by atoms with van der Waals surface area (Å²) in [6.45, 7) is 0.860. The maximum atomic E-state index is 11.5. The first-order valence-electron chi connectivity index (χ1n) is 5.15. The van der Waals surface area contributed by atoms with E-state index < -0.39 is 0 Å². The molecule has 4 heteroatoms. The fourth-order valence-electron chi connectivity index (χ4n) is 2.29. The first-order chi connectivity index (χ1) is 6.83. The largest absolute Gasteiger partial charge is 0.339 e. The van der Waals surface area contributed by atoms with E-state index in [1.54, 1.807) is 0 Å². The summed E-state index contributed by atoms with van der Waals surface area (Å²) in [5.41, 5.74) is 0. The normalized spacial score (nSPS) is 33.4. The number of hydrogen-bond acceptors (Lipinski definition) is 3. The number of nitrogens with zero attached hydrogens (tertiary/aromatic N) is 1. The van der Waals surface area contributed by atoms with E-state index in [-0.39, 0.29) is 17.9 Å². The van der Waals surface area contributed by atoms with Crippen LogP contribution in [-0.2, 0) is 9.59 Å². The van der Waals surface area contributed by atoms with Crippen LogP contribution in [0.25, 0.3) is 0 Å². The van der Waals surface area contributed by atoms with Crippen LogP contribution in [0.4, 0.5) is 0 Å². The topological polar surface area (TPSA) is 37.4 Å². The molecule has 0 N–H and O–H groups in total. The molecule has 2 aliphatic rings. The summed E-state index contributed by atoms with van der Waals surface area (Å²) in [5, 5.41) is 0. The van der Waals surface area contributed by atoms with Crippen LogP contribution in [0.1, 0.15) is 19.3 Å². The third kappa shape index (κ3) is 1.80. The van der Waals surface area contributed by atoms with Crippen molar-refractivity contribution in [2.45, 2.75) is 25.3 Å².